The molecule has 9 heteroatoms. The van der Waals surface area contributed by atoms with Crippen LogP contribution in [0.5, 0.6) is 5.75 Å². The first-order valence-corrected chi connectivity index (χ1v) is 8.27. The molecular weight excluding hydrogens is 351 g/mol. The number of nitrogens with two attached hydrogens (primary N) is 1. The molecule has 2 aromatic carbocycles. The van der Waals surface area contributed by atoms with Crippen LogP contribution >= 0.6 is 0 Å². The molecule has 1 unspecified atom stereocenters. The van der Waals surface area contributed by atoms with E-state index in [-0.39, 0.29) is 8.69 Å². The minimum atomic E-state index is -1.44. The fourth-order valence-corrected chi connectivity index (χ4v) is 2.05. The number of anilines is 2. The molecule has 0 aromatic heterocycles. The second kappa shape index (κ2) is 9.85. The fraction of sp³-hybridized carbons (Fsp3) is 0.222. The Bertz CT molecular complexity index is 831. The number of halogens is 1. The smallest absolute Gasteiger partial charge is 0.323 e. The zero-order chi connectivity index (χ0) is 19.6. The normalized spacial score (nSPS) is 12.6. The van der Waals surface area contributed by atoms with Crippen molar-refractivity contribution in [3.63, 3.8) is 0 Å². The van der Waals surface area contributed by atoms with Crippen molar-refractivity contribution in [2.75, 3.05) is 17.2 Å². The van der Waals surface area contributed by atoms with Crippen LogP contribution in [0.1, 0.15) is 22.3 Å². The van der Waals surface area contributed by atoms with E-state index in [1.165, 1.54) is 13.0 Å². The molecule has 0 saturated carbocycles. The van der Waals surface area contributed by atoms with E-state index in [1.807, 2.05) is 6.92 Å². The minimum Gasteiger partial charge on any atom is -0.461 e. The van der Waals surface area contributed by atoms with Crippen molar-refractivity contribution in [1.82, 2.24) is 0 Å². The highest BCUT2D eigenvalue weighted by Crippen LogP contribution is 2.19. The Labute approximate surface area is 159 Å². The third-order valence-corrected chi connectivity index (χ3v) is 3.19. The summed E-state index contributed by atoms with van der Waals surface area (Å²) in [4.78, 5) is 12.1. The van der Waals surface area contributed by atoms with Gasteiger partial charge in [-0.1, -0.05) is 6.07 Å². The van der Waals surface area contributed by atoms with Gasteiger partial charge in [0, 0.05) is 32.8 Å². The molecule has 0 heterocycles. The van der Waals surface area contributed by atoms with E-state index in [0.29, 0.717) is 29.2 Å². The largest absolute Gasteiger partial charge is 0.461 e. The molecule has 146 valence electrons. The topological polar surface area (TPSA) is 113 Å². The molecule has 27 heavy (non-hydrogen) atoms. The van der Waals surface area contributed by atoms with Crippen LogP contribution in [0.25, 0.3) is 0 Å². The summed E-state index contributed by atoms with van der Waals surface area (Å²) < 4.78 is 17.8. The van der Waals surface area contributed by atoms with Gasteiger partial charge >= 0.3 is 6.03 Å². The van der Waals surface area contributed by atoms with E-state index < -0.39 is 12.4 Å². The number of alkyl halides is 1. The maximum Gasteiger partial charge on any atom is 0.323 e. The van der Waals surface area contributed by atoms with Gasteiger partial charge in [0.15, 0.2) is 5.84 Å². The minimum absolute atomic E-state index is 0. The Morgan fingerprint density at radius 3 is 2.59 bits per heavy atom. The van der Waals surface area contributed by atoms with Crippen molar-refractivity contribution in [2.45, 2.75) is 20.2 Å². The molecule has 0 radical (unpaired) electrons. The van der Waals surface area contributed by atoms with E-state index >= 15 is 0 Å². The first-order chi connectivity index (χ1) is 13.0. The molecule has 0 aliphatic heterocycles. The van der Waals surface area contributed by atoms with Crippen molar-refractivity contribution in [3.05, 3.63) is 54.1 Å². The number of carbonyl (C=O) groups is 1. The van der Waals surface area contributed by atoms with Crippen molar-refractivity contribution in [2.24, 2.45) is 21.2 Å². The summed E-state index contributed by atoms with van der Waals surface area (Å²) in [5.41, 5.74) is 7.48. The molecule has 8 nitrogen and oxygen atoms in total. The number of nitrogens with one attached hydrogen (secondary N) is 2. The number of hydrogen-bond acceptors (Lipinski definition) is 4. The standard InChI is InChI=1S/C18H21FN6O2.2H2/c1-3-21-25-24-17(20)13-7-9-14(10-8-13)22-18(26)23-15-5-4-6-16(11-15)27-12(2)19;;/h4-12H,3H2,1-2H3,(H2,20,21,24)(H2,22,23,26);2*1H. The Morgan fingerprint density at radius 1 is 1.22 bits per heavy atom. The number of benzene rings is 2. The molecule has 2 amide bonds. The van der Waals surface area contributed by atoms with Crippen molar-refractivity contribution in [3.8, 4) is 5.75 Å². The Balaban J connectivity index is 0.00000392. The second-order valence-corrected chi connectivity index (χ2v) is 5.38. The second-order valence-electron chi connectivity index (χ2n) is 5.38. The number of nitrogens with zero attached hydrogens (tertiary/aromatic N) is 3. The van der Waals surface area contributed by atoms with Gasteiger partial charge in [0.05, 0.1) is 6.54 Å². The Morgan fingerprint density at radius 2 is 1.93 bits per heavy atom. The summed E-state index contributed by atoms with van der Waals surface area (Å²) >= 11 is 0. The third-order valence-electron chi connectivity index (χ3n) is 3.19. The zero-order valence-corrected chi connectivity index (χ0v) is 15.0. The molecular formula is C18H25FN6O2. The van der Waals surface area contributed by atoms with Gasteiger partial charge in [-0.3, -0.25) is 0 Å². The number of hydrogen-bond donors (Lipinski definition) is 3. The van der Waals surface area contributed by atoms with E-state index in [4.69, 9.17) is 10.5 Å². The SMILES string of the molecule is CCN=N/N=C(\N)c1ccc(NC(=O)Nc2cccc(OC(C)F)c2)cc1.[HH].[HH]. The van der Waals surface area contributed by atoms with Gasteiger partial charge in [-0.15, -0.1) is 5.10 Å². The van der Waals surface area contributed by atoms with Crippen molar-refractivity contribution in [1.29, 1.82) is 0 Å². The van der Waals surface area contributed by atoms with Crippen LogP contribution in [0.15, 0.2) is 64.0 Å². The zero-order valence-electron chi connectivity index (χ0n) is 15.0. The molecule has 1 atom stereocenters. The molecule has 0 fully saturated rings. The summed E-state index contributed by atoms with van der Waals surface area (Å²) in [5.74, 6) is 0.546. The predicted octanol–water partition coefficient (Wildman–Crippen LogP) is 4.61. The average Bonchev–Trinajstić information content (AvgIpc) is 2.62. The van der Waals surface area contributed by atoms with Gasteiger partial charge in [0.2, 0.25) is 6.36 Å². The predicted molar refractivity (Wildman–Crippen MR) is 107 cm³/mol. The van der Waals surface area contributed by atoms with Crippen LogP contribution in [0, 0.1) is 0 Å². The first kappa shape index (κ1) is 19.8. The Kier molecular flexibility index (Phi) is 7.24. The summed E-state index contributed by atoms with van der Waals surface area (Å²) in [6.07, 6.45) is -1.44. The van der Waals surface area contributed by atoms with Crippen LogP contribution in [0.3, 0.4) is 0 Å². The van der Waals surface area contributed by atoms with E-state index in [0.717, 1.165) is 0 Å². The molecule has 0 bridgehead atoms. The van der Waals surface area contributed by atoms with Crippen molar-refractivity contribution < 1.29 is 16.8 Å². The fourth-order valence-electron chi connectivity index (χ4n) is 2.05. The highest BCUT2D eigenvalue weighted by atomic mass is 19.1. The lowest BCUT2D eigenvalue weighted by Crippen LogP contribution is -2.19. The number of carbonyl (C=O) groups excluding carboxylic acids is 1. The number of amidine groups is 1. The van der Waals surface area contributed by atoms with Gasteiger partial charge in [-0.2, -0.15) is 5.11 Å². The summed E-state index contributed by atoms with van der Waals surface area (Å²) in [7, 11) is 0. The molecule has 4 N–H and O–H groups in total. The molecule has 0 aliphatic carbocycles. The van der Waals surface area contributed by atoms with E-state index in [1.54, 1.807) is 42.5 Å². The lowest BCUT2D eigenvalue weighted by Gasteiger charge is -2.11. The van der Waals surface area contributed by atoms with Crippen LogP contribution in [0.4, 0.5) is 20.6 Å². The first-order valence-electron chi connectivity index (χ1n) is 8.27. The van der Waals surface area contributed by atoms with Crippen LogP contribution < -0.4 is 21.1 Å². The van der Waals surface area contributed by atoms with Gasteiger partial charge in [-0.05, 0) is 48.5 Å². The maximum atomic E-state index is 12.9. The highest BCUT2D eigenvalue weighted by molar-refractivity contribution is 6.01. The number of amides is 2. The van der Waals surface area contributed by atoms with Crippen LogP contribution in [0.2, 0.25) is 0 Å². The quantitative estimate of drug-likeness (QED) is 0.284. The monoisotopic (exact) mass is 376 g/mol. The molecule has 0 aliphatic rings. The molecule has 2 rings (SSSR count). The van der Waals surface area contributed by atoms with Gasteiger partial charge < -0.3 is 21.1 Å². The summed E-state index contributed by atoms with van der Waals surface area (Å²) in [6.45, 7) is 3.64. The van der Waals surface area contributed by atoms with Gasteiger partial charge in [0.1, 0.15) is 5.75 Å². The van der Waals surface area contributed by atoms with E-state index in [2.05, 4.69) is 26.1 Å². The highest BCUT2D eigenvalue weighted by Gasteiger charge is 2.06. The van der Waals surface area contributed by atoms with Crippen molar-refractivity contribution >= 4 is 23.2 Å². The summed E-state index contributed by atoms with van der Waals surface area (Å²) in [5, 5.41) is 16.4. The van der Waals surface area contributed by atoms with Crippen LogP contribution in [-0.4, -0.2) is 24.8 Å². The van der Waals surface area contributed by atoms with Crippen LogP contribution in [-0.2, 0) is 0 Å². The Hall–Kier alpha value is -3.49. The average molecular weight is 376 g/mol. The van der Waals surface area contributed by atoms with Gasteiger partial charge in [0.25, 0.3) is 0 Å². The lowest BCUT2D eigenvalue weighted by molar-refractivity contribution is 0.0861. The molecule has 0 saturated heterocycles. The number of rotatable bonds is 7. The number of ether oxygens (including phenoxy) is 1. The lowest BCUT2D eigenvalue weighted by atomic mass is 10.2. The summed E-state index contributed by atoms with van der Waals surface area (Å²) in [6, 6.07) is 12.8. The van der Waals surface area contributed by atoms with Gasteiger partial charge in [-0.25, -0.2) is 9.18 Å². The third kappa shape index (κ3) is 6.73. The van der Waals surface area contributed by atoms with E-state index in [9.17, 15) is 9.18 Å². The molecule has 0 spiro atoms. The maximum absolute atomic E-state index is 12.9. The number of urea groups is 1. The molecule has 2 aromatic rings.